The van der Waals surface area contributed by atoms with Crippen molar-refractivity contribution in [2.45, 2.75) is 50.2 Å². The molecule has 0 radical (unpaired) electrons. The van der Waals surface area contributed by atoms with Crippen LogP contribution in [0.15, 0.2) is 59.6 Å². The summed E-state index contributed by atoms with van der Waals surface area (Å²) in [4.78, 5) is 4.54. The van der Waals surface area contributed by atoms with Gasteiger partial charge in [0.05, 0.1) is 31.7 Å². The summed E-state index contributed by atoms with van der Waals surface area (Å²) in [7, 11) is 1.51. The molecule has 0 bridgehead atoms. The number of phenolic OH excluding ortho intramolecular Hbond substituents is 2. The Bertz CT molecular complexity index is 1910. The number of rotatable bonds is 4. The van der Waals surface area contributed by atoms with Crippen LogP contribution < -0.4 is 24.8 Å². The second-order valence-electron chi connectivity index (χ2n) is 12.0. The van der Waals surface area contributed by atoms with Crippen LogP contribution >= 0.6 is 0 Å². The number of aromatic hydroxyl groups is 2. The van der Waals surface area contributed by atoms with E-state index in [9.17, 15) is 15.3 Å². The number of hydrogen-bond donors (Lipinski definition) is 3. The highest BCUT2D eigenvalue weighted by molar-refractivity contribution is 5.85. The summed E-state index contributed by atoms with van der Waals surface area (Å²) in [5.74, 6) is 2.43. The van der Waals surface area contributed by atoms with E-state index in [1.54, 1.807) is 24.3 Å². The summed E-state index contributed by atoms with van der Waals surface area (Å²) in [6.07, 6.45) is 4.45. The largest absolute Gasteiger partial charge is 0.508 e. The highest BCUT2D eigenvalue weighted by Gasteiger charge is 2.40. The molecule has 3 heterocycles. The van der Waals surface area contributed by atoms with Crippen molar-refractivity contribution in [1.29, 1.82) is 0 Å². The molecule has 4 aromatic carbocycles. The fraction of sp³-hybridized carbons (Fsp3) is 0.306. The first kappa shape index (κ1) is 26.2. The van der Waals surface area contributed by atoms with Crippen LogP contribution in [-0.4, -0.2) is 41.7 Å². The third-order valence-corrected chi connectivity index (χ3v) is 9.41. The highest BCUT2D eigenvalue weighted by atomic mass is 16.5. The van der Waals surface area contributed by atoms with Gasteiger partial charge in [-0.25, -0.2) is 0 Å². The average molecular weight is 576 g/mol. The average Bonchev–Trinajstić information content (AvgIpc) is 3.49. The van der Waals surface area contributed by atoms with Crippen molar-refractivity contribution >= 4 is 6.08 Å². The molecule has 4 aliphatic rings. The van der Waals surface area contributed by atoms with Gasteiger partial charge < -0.3 is 29.5 Å². The quantitative estimate of drug-likeness (QED) is 0.333. The normalized spacial score (nSPS) is 21.0. The maximum atomic E-state index is 11.5. The molecule has 8 rings (SSSR count). The first-order chi connectivity index (χ1) is 21.0. The summed E-state index contributed by atoms with van der Waals surface area (Å²) in [6.45, 7) is 1.36. The Morgan fingerprint density at radius 3 is 2.74 bits per heavy atom. The Hall–Kier alpha value is -4.49. The van der Waals surface area contributed by atoms with Crippen LogP contribution in [-0.2, 0) is 25.7 Å². The van der Waals surface area contributed by atoms with Gasteiger partial charge in [0, 0.05) is 23.1 Å². The summed E-state index contributed by atoms with van der Waals surface area (Å²) in [6, 6.07) is 17.3. The SMILES string of the molecule is COc1cc([C@H]2Oc3c(c4c(c5c3CCCO5)-c3ccc(O)cc3[C@H](Cc3ccc5c(c3)=CCN=5)C4)C[C@H]2O)ccc1O. The van der Waals surface area contributed by atoms with E-state index in [0.29, 0.717) is 18.8 Å². The predicted molar refractivity (Wildman–Crippen MR) is 162 cm³/mol. The Balaban J connectivity index is 1.27. The fourth-order valence-corrected chi connectivity index (χ4v) is 7.44. The van der Waals surface area contributed by atoms with E-state index >= 15 is 0 Å². The van der Waals surface area contributed by atoms with Gasteiger partial charge in [-0.1, -0.05) is 24.3 Å². The van der Waals surface area contributed by atoms with E-state index in [2.05, 4.69) is 29.3 Å². The highest BCUT2D eigenvalue weighted by Crippen LogP contribution is 2.55. The topological polar surface area (TPSA) is 101 Å². The number of benzene rings is 4. The van der Waals surface area contributed by atoms with E-state index in [-0.39, 0.29) is 17.4 Å². The predicted octanol–water partition coefficient (Wildman–Crippen LogP) is 4.43. The number of ether oxygens (including phenoxy) is 3. The van der Waals surface area contributed by atoms with Gasteiger partial charge in [-0.3, -0.25) is 4.99 Å². The van der Waals surface area contributed by atoms with Crippen LogP contribution in [0.3, 0.4) is 0 Å². The molecule has 0 aromatic heterocycles. The number of methoxy groups -OCH3 is 1. The smallest absolute Gasteiger partial charge is 0.160 e. The Morgan fingerprint density at radius 1 is 0.953 bits per heavy atom. The number of nitrogens with zero attached hydrogens (tertiary/aromatic N) is 1. The summed E-state index contributed by atoms with van der Waals surface area (Å²) in [5.41, 5.74) is 8.47. The number of hydrogen-bond acceptors (Lipinski definition) is 7. The first-order valence-corrected chi connectivity index (χ1v) is 15.0. The lowest BCUT2D eigenvalue weighted by molar-refractivity contribution is 0.0191. The van der Waals surface area contributed by atoms with Gasteiger partial charge in [-0.15, -0.1) is 0 Å². The lowest BCUT2D eigenvalue weighted by Crippen LogP contribution is -2.33. The van der Waals surface area contributed by atoms with Gasteiger partial charge in [0.1, 0.15) is 23.4 Å². The van der Waals surface area contributed by atoms with E-state index in [0.717, 1.165) is 88.0 Å². The molecule has 0 amide bonds. The fourth-order valence-electron chi connectivity index (χ4n) is 7.44. The van der Waals surface area contributed by atoms with E-state index in [1.807, 2.05) is 12.1 Å². The minimum atomic E-state index is -0.788. The molecule has 7 nitrogen and oxygen atoms in total. The zero-order chi connectivity index (χ0) is 29.2. The molecule has 1 aliphatic carbocycles. The van der Waals surface area contributed by atoms with Gasteiger partial charge in [0.25, 0.3) is 0 Å². The molecule has 3 atom stereocenters. The lowest BCUT2D eigenvalue weighted by atomic mass is 9.72. The minimum absolute atomic E-state index is 0.0446. The molecule has 0 saturated carbocycles. The standard InChI is InChI=1S/C36H33NO6/c1-41-32-16-21(5-9-30(32)39)34-31(40)18-28-27-15-22(14-19-4-8-29-20(13-19)10-11-37-29)26-17-23(38)6-7-24(26)33(27)36-25(35(28)43-34)3-2-12-42-36/h4-10,13,16-17,22,31,34,38-40H,2-3,11-12,14-15,18H2,1H3/t22-,31-,34-/m1/s1. The molecule has 7 heteroatoms. The van der Waals surface area contributed by atoms with Gasteiger partial charge in [0.2, 0.25) is 0 Å². The maximum Gasteiger partial charge on any atom is 0.160 e. The van der Waals surface area contributed by atoms with Crippen molar-refractivity contribution in [3.8, 4) is 39.9 Å². The molecule has 43 heavy (non-hydrogen) atoms. The zero-order valence-corrected chi connectivity index (χ0v) is 24.0. The summed E-state index contributed by atoms with van der Waals surface area (Å²) in [5, 5.41) is 34.5. The molecule has 0 unspecified atom stereocenters. The van der Waals surface area contributed by atoms with Crippen molar-refractivity contribution in [1.82, 2.24) is 0 Å². The van der Waals surface area contributed by atoms with E-state index < -0.39 is 12.2 Å². The van der Waals surface area contributed by atoms with Crippen LogP contribution in [0.1, 0.15) is 51.8 Å². The van der Waals surface area contributed by atoms with Gasteiger partial charge >= 0.3 is 0 Å². The van der Waals surface area contributed by atoms with Crippen molar-refractivity contribution in [3.05, 3.63) is 98.6 Å². The number of aliphatic hydroxyl groups is 1. The van der Waals surface area contributed by atoms with Crippen molar-refractivity contribution in [3.63, 3.8) is 0 Å². The van der Waals surface area contributed by atoms with Crippen LogP contribution in [0.4, 0.5) is 0 Å². The molecular formula is C36H33NO6. The van der Waals surface area contributed by atoms with Crippen LogP contribution in [0.25, 0.3) is 17.2 Å². The molecule has 0 saturated heterocycles. The minimum Gasteiger partial charge on any atom is -0.508 e. The molecule has 3 N–H and O–H groups in total. The van der Waals surface area contributed by atoms with E-state index in [1.165, 1.54) is 17.9 Å². The van der Waals surface area contributed by atoms with Crippen LogP contribution in [0, 0.1) is 0 Å². The van der Waals surface area contributed by atoms with Crippen molar-refractivity contribution < 1.29 is 29.5 Å². The molecule has 218 valence electrons. The number of phenols is 2. The van der Waals surface area contributed by atoms with Crippen molar-refractivity contribution in [2.75, 3.05) is 20.3 Å². The van der Waals surface area contributed by atoms with Gasteiger partial charge in [-0.2, -0.15) is 0 Å². The summed E-state index contributed by atoms with van der Waals surface area (Å²) < 4.78 is 18.5. The first-order valence-electron chi connectivity index (χ1n) is 15.0. The second kappa shape index (κ2) is 10.1. The maximum absolute atomic E-state index is 11.5. The molecule has 0 fully saturated rings. The molecule has 3 aliphatic heterocycles. The van der Waals surface area contributed by atoms with Crippen molar-refractivity contribution in [2.24, 2.45) is 4.99 Å². The number of fused-ring (bicyclic) bond motifs is 9. The van der Waals surface area contributed by atoms with Crippen LogP contribution in [0.5, 0.6) is 28.7 Å². The van der Waals surface area contributed by atoms with Crippen LogP contribution in [0.2, 0.25) is 0 Å². The molecular weight excluding hydrogens is 542 g/mol. The zero-order valence-electron chi connectivity index (χ0n) is 24.0. The third kappa shape index (κ3) is 4.25. The third-order valence-electron chi connectivity index (χ3n) is 9.41. The Labute approximate surface area is 249 Å². The molecule has 4 aromatic rings. The lowest BCUT2D eigenvalue weighted by Gasteiger charge is -2.39. The molecule has 0 spiro atoms. The Kier molecular flexibility index (Phi) is 6.12. The van der Waals surface area contributed by atoms with E-state index in [4.69, 9.17) is 14.2 Å². The number of aliphatic hydroxyl groups excluding tert-OH is 1. The summed E-state index contributed by atoms with van der Waals surface area (Å²) >= 11 is 0. The Morgan fingerprint density at radius 2 is 1.86 bits per heavy atom. The van der Waals surface area contributed by atoms with Gasteiger partial charge in [0.15, 0.2) is 11.5 Å². The second-order valence-corrected chi connectivity index (χ2v) is 12.0. The van der Waals surface area contributed by atoms with Gasteiger partial charge in [-0.05, 0) is 101 Å². The monoisotopic (exact) mass is 575 g/mol.